The molecule has 0 radical (unpaired) electrons. The van der Waals surface area contributed by atoms with Crippen LogP contribution in [0.2, 0.25) is 0 Å². The Balaban J connectivity index is 2.01. The van der Waals surface area contributed by atoms with Crippen LogP contribution in [0, 0.1) is 0 Å². The summed E-state index contributed by atoms with van der Waals surface area (Å²) in [5, 5.41) is 3.62. The number of ketones is 1. The molecule has 1 heterocycles. The number of likely N-dealkylation sites (tertiary alicyclic amines) is 1. The highest BCUT2D eigenvalue weighted by Gasteiger charge is 2.19. The average molecular weight is 240 g/mol. The minimum atomic E-state index is 0.315. The predicted molar refractivity (Wildman–Crippen MR) is 72.3 cm³/mol. The quantitative estimate of drug-likeness (QED) is 0.693. The molecule has 1 saturated heterocycles. The second-order valence-corrected chi connectivity index (χ2v) is 5.52. The van der Waals surface area contributed by atoms with E-state index in [1.165, 1.54) is 25.9 Å². The van der Waals surface area contributed by atoms with Gasteiger partial charge in [0.15, 0.2) is 0 Å². The van der Waals surface area contributed by atoms with Gasteiger partial charge in [0.2, 0.25) is 0 Å². The largest absolute Gasteiger partial charge is 0.314 e. The number of Topliss-reactive ketones (excluding diaryl/α,β-unsaturated/α-hetero) is 1. The first kappa shape index (κ1) is 14.7. The van der Waals surface area contributed by atoms with E-state index in [-0.39, 0.29) is 0 Å². The van der Waals surface area contributed by atoms with E-state index in [0.29, 0.717) is 17.9 Å². The van der Waals surface area contributed by atoms with Crippen molar-refractivity contribution in [3.8, 4) is 0 Å². The number of carbonyl (C=O) groups is 1. The third-order valence-electron chi connectivity index (χ3n) is 3.65. The number of nitrogens with one attached hydrogen (secondary N) is 1. The van der Waals surface area contributed by atoms with Gasteiger partial charge >= 0.3 is 0 Å². The third kappa shape index (κ3) is 6.18. The molecular formula is C14H28N2O. The Labute approximate surface area is 106 Å². The highest BCUT2D eigenvalue weighted by molar-refractivity contribution is 5.75. The zero-order valence-electron chi connectivity index (χ0n) is 11.7. The fourth-order valence-corrected chi connectivity index (χ4v) is 2.43. The fourth-order valence-electron chi connectivity index (χ4n) is 2.43. The van der Waals surface area contributed by atoms with Crippen LogP contribution in [0.3, 0.4) is 0 Å². The van der Waals surface area contributed by atoms with Crippen molar-refractivity contribution in [3.63, 3.8) is 0 Å². The van der Waals surface area contributed by atoms with Gasteiger partial charge in [0.05, 0.1) is 0 Å². The van der Waals surface area contributed by atoms with Gasteiger partial charge in [-0.3, -0.25) is 0 Å². The molecule has 0 aliphatic carbocycles. The third-order valence-corrected chi connectivity index (χ3v) is 3.65. The Morgan fingerprint density at radius 2 is 1.94 bits per heavy atom. The standard InChI is InChI=1S/C14H28N2O/c1-12(2)16-10-7-14(8-11-16)15-9-5-4-6-13(3)17/h12,14-15H,4-11H2,1-3H3. The Morgan fingerprint density at radius 3 is 2.47 bits per heavy atom. The van der Waals surface area contributed by atoms with Gasteiger partial charge < -0.3 is 15.0 Å². The molecule has 3 heteroatoms. The molecule has 0 aromatic rings. The van der Waals surface area contributed by atoms with E-state index in [2.05, 4.69) is 24.1 Å². The number of hydrogen-bond donors (Lipinski definition) is 1. The molecule has 1 fully saturated rings. The van der Waals surface area contributed by atoms with Gasteiger partial charge in [0, 0.05) is 18.5 Å². The van der Waals surface area contributed by atoms with Crippen molar-refractivity contribution in [2.75, 3.05) is 19.6 Å². The lowest BCUT2D eigenvalue weighted by atomic mass is 10.0. The van der Waals surface area contributed by atoms with Crippen molar-refractivity contribution >= 4 is 5.78 Å². The average Bonchev–Trinajstić information content (AvgIpc) is 2.29. The van der Waals surface area contributed by atoms with Crippen LogP contribution in [0.4, 0.5) is 0 Å². The van der Waals surface area contributed by atoms with Gasteiger partial charge in [-0.1, -0.05) is 0 Å². The summed E-state index contributed by atoms with van der Waals surface area (Å²) in [6, 6.07) is 1.38. The van der Waals surface area contributed by atoms with E-state index in [1.54, 1.807) is 6.92 Å². The first-order valence-corrected chi connectivity index (χ1v) is 7.06. The summed E-state index contributed by atoms with van der Waals surface area (Å²) in [5.41, 5.74) is 0. The molecule has 0 atom stereocenters. The molecule has 17 heavy (non-hydrogen) atoms. The zero-order valence-corrected chi connectivity index (χ0v) is 11.7. The lowest BCUT2D eigenvalue weighted by Crippen LogP contribution is -2.45. The second-order valence-electron chi connectivity index (χ2n) is 5.52. The van der Waals surface area contributed by atoms with Gasteiger partial charge in [-0.25, -0.2) is 0 Å². The molecule has 0 aromatic carbocycles. The number of nitrogens with zero attached hydrogens (tertiary/aromatic N) is 1. The van der Waals surface area contributed by atoms with Crippen LogP contribution >= 0.6 is 0 Å². The topological polar surface area (TPSA) is 32.3 Å². The molecule has 1 rings (SSSR count). The highest BCUT2D eigenvalue weighted by atomic mass is 16.1. The number of unbranched alkanes of at least 4 members (excludes halogenated alkanes) is 1. The molecule has 0 bridgehead atoms. The molecule has 0 amide bonds. The maximum Gasteiger partial charge on any atom is 0.129 e. The number of rotatable bonds is 7. The normalized spacial score (nSPS) is 18.8. The molecule has 1 N–H and O–H groups in total. The summed E-state index contributed by atoms with van der Waals surface area (Å²) in [4.78, 5) is 13.3. The Morgan fingerprint density at radius 1 is 1.29 bits per heavy atom. The lowest BCUT2D eigenvalue weighted by Gasteiger charge is -2.35. The van der Waals surface area contributed by atoms with Crippen LogP contribution in [0.1, 0.15) is 52.9 Å². The summed E-state index contributed by atoms with van der Waals surface area (Å²) in [6.45, 7) is 9.74. The summed E-state index contributed by atoms with van der Waals surface area (Å²) in [7, 11) is 0. The number of piperidine rings is 1. The van der Waals surface area contributed by atoms with Crippen LogP contribution in [0.25, 0.3) is 0 Å². The molecule has 0 unspecified atom stereocenters. The fraction of sp³-hybridized carbons (Fsp3) is 0.929. The van der Waals surface area contributed by atoms with Crippen LogP contribution in [0.5, 0.6) is 0 Å². The lowest BCUT2D eigenvalue weighted by molar-refractivity contribution is -0.117. The van der Waals surface area contributed by atoms with Gasteiger partial charge in [0.1, 0.15) is 5.78 Å². The first-order valence-electron chi connectivity index (χ1n) is 7.06. The molecule has 0 saturated carbocycles. The second kappa shape index (κ2) is 7.83. The predicted octanol–water partition coefficient (Wildman–Crippen LogP) is 2.21. The summed E-state index contributed by atoms with van der Waals surface area (Å²) >= 11 is 0. The van der Waals surface area contributed by atoms with E-state index in [0.717, 1.165) is 25.8 Å². The Kier molecular flexibility index (Phi) is 6.75. The molecule has 3 nitrogen and oxygen atoms in total. The summed E-state index contributed by atoms with van der Waals surface area (Å²) in [6.07, 6.45) is 5.44. The number of hydrogen-bond acceptors (Lipinski definition) is 3. The van der Waals surface area contributed by atoms with Crippen LogP contribution in [0.15, 0.2) is 0 Å². The summed E-state index contributed by atoms with van der Waals surface area (Å²) < 4.78 is 0. The van der Waals surface area contributed by atoms with E-state index in [9.17, 15) is 4.79 Å². The number of carbonyl (C=O) groups excluding carboxylic acids is 1. The Bertz CT molecular complexity index is 220. The van der Waals surface area contributed by atoms with Gasteiger partial charge in [-0.15, -0.1) is 0 Å². The van der Waals surface area contributed by atoms with Crippen molar-refractivity contribution in [1.29, 1.82) is 0 Å². The van der Waals surface area contributed by atoms with E-state index in [4.69, 9.17) is 0 Å². The molecular weight excluding hydrogens is 212 g/mol. The highest BCUT2D eigenvalue weighted by Crippen LogP contribution is 2.12. The molecule has 100 valence electrons. The molecule has 0 spiro atoms. The smallest absolute Gasteiger partial charge is 0.129 e. The van der Waals surface area contributed by atoms with Crippen molar-refractivity contribution < 1.29 is 4.79 Å². The summed E-state index contributed by atoms with van der Waals surface area (Å²) in [5.74, 6) is 0.315. The maximum atomic E-state index is 10.8. The van der Waals surface area contributed by atoms with Crippen molar-refractivity contribution in [3.05, 3.63) is 0 Å². The van der Waals surface area contributed by atoms with Gasteiger partial charge in [-0.2, -0.15) is 0 Å². The van der Waals surface area contributed by atoms with E-state index < -0.39 is 0 Å². The van der Waals surface area contributed by atoms with Crippen LogP contribution in [-0.2, 0) is 4.79 Å². The van der Waals surface area contributed by atoms with Crippen molar-refractivity contribution in [1.82, 2.24) is 10.2 Å². The van der Waals surface area contributed by atoms with Crippen molar-refractivity contribution in [2.24, 2.45) is 0 Å². The van der Waals surface area contributed by atoms with Crippen molar-refractivity contribution in [2.45, 2.75) is 65.0 Å². The molecule has 1 aliphatic heterocycles. The minimum Gasteiger partial charge on any atom is -0.314 e. The maximum absolute atomic E-state index is 10.8. The van der Waals surface area contributed by atoms with Crippen LogP contribution < -0.4 is 5.32 Å². The SMILES string of the molecule is CC(=O)CCCCNC1CCN(C(C)C)CC1. The monoisotopic (exact) mass is 240 g/mol. The molecule has 1 aliphatic rings. The van der Waals surface area contributed by atoms with Gasteiger partial charge in [-0.05, 0) is 66.1 Å². The van der Waals surface area contributed by atoms with Gasteiger partial charge in [0.25, 0.3) is 0 Å². The zero-order chi connectivity index (χ0) is 12.7. The minimum absolute atomic E-state index is 0.315. The van der Waals surface area contributed by atoms with E-state index >= 15 is 0 Å². The van der Waals surface area contributed by atoms with E-state index in [1.807, 2.05) is 0 Å². The van der Waals surface area contributed by atoms with Crippen LogP contribution in [-0.4, -0.2) is 42.4 Å². The first-order chi connectivity index (χ1) is 8.09. The molecule has 0 aromatic heterocycles. The Hall–Kier alpha value is -0.410.